The predicted molar refractivity (Wildman–Crippen MR) is 37.2 cm³/mol. The number of halogens is 1. The van der Waals surface area contributed by atoms with E-state index in [2.05, 4.69) is 4.84 Å². The van der Waals surface area contributed by atoms with Crippen LogP contribution in [0.15, 0.2) is 0 Å². The minimum absolute atomic E-state index is 0.319. The van der Waals surface area contributed by atoms with E-state index in [4.69, 9.17) is 16.9 Å². The van der Waals surface area contributed by atoms with Gasteiger partial charge in [0, 0.05) is 12.6 Å². The average Bonchev–Trinajstić information content (AvgIpc) is 1.77. The molecule has 1 fully saturated rings. The molecule has 0 radical (unpaired) electrons. The quantitative estimate of drug-likeness (QED) is 0.585. The molecule has 2 nitrogen and oxygen atoms in total. The third-order valence-electron chi connectivity index (χ3n) is 1.93. The molecule has 3 heteroatoms. The van der Waals surface area contributed by atoms with E-state index in [9.17, 15) is 0 Å². The first kappa shape index (κ1) is 7.32. The van der Waals surface area contributed by atoms with Gasteiger partial charge in [0.25, 0.3) is 0 Å². The molecule has 1 saturated carbocycles. The van der Waals surface area contributed by atoms with Gasteiger partial charge in [-0.1, -0.05) is 0 Å². The maximum Gasteiger partial charge on any atom is 0.0433 e. The fourth-order valence-corrected chi connectivity index (χ4v) is 1.42. The number of hydrogen-bond donors (Lipinski definition) is 2. The van der Waals surface area contributed by atoms with Gasteiger partial charge in [-0.25, -0.2) is 4.84 Å². The highest BCUT2D eigenvalue weighted by atomic mass is 35.5. The number of aliphatic hydroxyl groups excluding tert-OH is 1. The summed E-state index contributed by atoms with van der Waals surface area (Å²) < 4.78 is 0. The SMILES string of the molecule is OCCC1CC(NCl)C1. The van der Waals surface area contributed by atoms with Crippen LogP contribution >= 0.6 is 11.8 Å². The summed E-state index contributed by atoms with van der Waals surface area (Å²) in [5, 5.41) is 8.51. The van der Waals surface area contributed by atoms with Crippen molar-refractivity contribution < 1.29 is 5.11 Å². The molecule has 0 bridgehead atoms. The van der Waals surface area contributed by atoms with E-state index in [0.29, 0.717) is 18.6 Å². The molecule has 1 aliphatic carbocycles. The highest BCUT2D eigenvalue weighted by molar-refractivity contribution is 6.13. The molecule has 0 unspecified atom stereocenters. The van der Waals surface area contributed by atoms with Crippen LogP contribution in [0.1, 0.15) is 19.3 Å². The highest BCUT2D eigenvalue weighted by Gasteiger charge is 2.27. The monoisotopic (exact) mass is 149 g/mol. The molecule has 9 heavy (non-hydrogen) atoms. The standard InChI is InChI=1S/C6H12ClNO/c7-8-6-3-5(4-6)1-2-9/h5-6,8-9H,1-4H2. The van der Waals surface area contributed by atoms with Gasteiger partial charge in [-0.2, -0.15) is 0 Å². The smallest absolute Gasteiger partial charge is 0.0433 e. The molecule has 0 heterocycles. The number of aliphatic hydroxyl groups is 1. The topological polar surface area (TPSA) is 32.3 Å². The van der Waals surface area contributed by atoms with Crippen molar-refractivity contribution in [1.29, 1.82) is 0 Å². The molecule has 1 aliphatic rings. The first-order valence-electron chi connectivity index (χ1n) is 3.34. The maximum absolute atomic E-state index is 8.51. The molecule has 54 valence electrons. The van der Waals surface area contributed by atoms with Crippen LogP contribution in [-0.2, 0) is 0 Å². The van der Waals surface area contributed by atoms with E-state index in [1.807, 2.05) is 0 Å². The van der Waals surface area contributed by atoms with Gasteiger partial charge in [-0.3, -0.25) is 0 Å². The fourth-order valence-electron chi connectivity index (χ4n) is 1.24. The molecule has 1 rings (SSSR count). The van der Waals surface area contributed by atoms with Crippen molar-refractivity contribution in [2.45, 2.75) is 25.3 Å². The van der Waals surface area contributed by atoms with Crippen LogP contribution in [0.4, 0.5) is 0 Å². The van der Waals surface area contributed by atoms with E-state index in [1.54, 1.807) is 0 Å². The zero-order chi connectivity index (χ0) is 6.69. The van der Waals surface area contributed by atoms with Crippen LogP contribution in [0.5, 0.6) is 0 Å². The van der Waals surface area contributed by atoms with Gasteiger partial charge >= 0.3 is 0 Å². The van der Waals surface area contributed by atoms with Crippen molar-refractivity contribution in [3.8, 4) is 0 Å². The third-order valence-corrected chi connectivity index (χ3v) is 2.24. The maximum atomic E-state index is 8.51. The van der Waals surface area contributed by atoms with Crippen molar-refractivity contribution in [3.63, 3.8) is 0 Å². The van der Waals surface area contributed by atoms with Crippen LogP contribution in [0.2, 0.25) is 0 Å². The number of nitrogens with one attached hydrogen (secondary N) is 1. The first-order chi connectivity index (χ1) is 4.36. The van der Waals surface area contributed by atoms with Crippen LogP contribution < -0.4 is 4.84 Å². The molecule has 0 aromatic heterocycles. The zero-order valence-electron chi connectivity index (χ0n) is 5.31. The second-order valence-corrected chi connectivity index (χ2v) is 2.87. The number of rotatable bonds is 3. The molecule has 0 atom stereocenters. The molecule has 0 saturated heterocycles. The van der Waals surface area contributed by atoms with Crippen molar-refractivity contribution in [1.82, 2.24) is 4.84 Å². The van der Waals surface area contributed by atoms with Gasteiger partial charge in [0.2, 0.25) is 0 Å². The van der Waals surface area contributed by atoms with Gasteiger partial charge < -0.3 is 5.11 Å². The molecule has 0 aromatic carbocycles. The van der Waals surface area contributed by atoms with Gasteiger partial charge in [-0.15, -0.1) is 0 Å². The molecular weight excluding hydrogens is 138 g/mol. The Labute approximate surface area is 60.3 Å². The Morgan fingerprint density at radius 1 is 1.56 bits per heavy atom. The molecular formula is C6H12ClNO. The Hall–Kier alpha value is 0.210. The Balaban J connectivity index is 1.98. The van der Waals surface area contributed by atoms with Crippen molar-refractivity contribution in [3.05, 3.63) is 0 Å². The van der Waals surface area contributed by atoms with Gasteiger partial charge in [0.1, 0.15) is 0 Å². The molecule has 0 spiro atoms. The second-order valence-electron chi connectivity index (χ2n) is 2.66. The highest BCUT2D eigenvalue weighted by Crippen LogP contribution is 2.29. The third kappa shape index (κ3) is 1.81. The van der Waals surface area contributed by atoms with E-state index < -0.39 is 0 Å². The van der Waals surface area contributed by atoms with Crippen molar-refractivity contribution in [2.24, 2.45) is 5.92 Å². The number of hydrogen-bond acceptors (Lipinski definition) is 2. The van der Waals surface area contributed by atoms with E-state index >= 15 is 0 Å². The minimum atomic E-state index is 0.319. The lowest BCUT2D eigenvalue weighted by Crippen LogP contribution is -2.36. The minimum Gasteiger partial charge on any atom is -0.396 e. The van der Waals surface area contributed by atoms with Crippen molar-refractivity contribution in [2.75, 3.05) is 6.61 Å². The van der Waals surface area contributed by atoms with Crippen LogP contribution in [-0.4, -0.2) is 17.8 Å². The normalized spacial score (nSPS) is 34.0. The lowest BCUT2D eigenvalue weighted by atomic mass is 9.79. The van der Waals surface area contributed by atoms with Gasteiger partial charge in [0.15, 0.2) is 0 Å². The predicted octanol–water partition coefficient (Wildman–Crippen LogP) is 0.891. The van der Waals surface area contributed by atoms with Gasteiger partial charge in [-0.05, 0) is 37.0 Å². The summed E-state index contributed by atoms with van der Waals surface area (Å²) in [6.45, 7) is 0.319. The first-order valence-corrected chi connectivity index (χ1v) is 3.71. The largest absolute Gasteiger partial charge is 0.396 e. The molecule has 0 amide bonds. The van der Waals surface area contributed by atoms with Crippen LogP contribution in [0.25, 0.3) is 0 Å². The Bertz CT molecular complexity index is 83.1. The summed E-state index contributed by atoms with van der Waals surface area (Å²) in [4.78, 5) is 2.68. The van der Waals surface area contributed by atoms with Crippen molar-refractivity contribution >= 4 is 11.8 Å². The lowest BCUT2D eigenvalue weighted by molar-refractivity contribution is 0.181. The van der Waals surface area contributed by atoms with E-state index in [-0.39, 0.29) is 0 Å². The zero-order valence-corrected chi connectivity index (χ0v) is 6.06. The van der Waals surface area contributed by atoms with Crippen LogP contribution in [0.3, 0.4) is 0 Å². The van der Waals surface area contributed by atoms with E-state index in [1.165, 1.54) is 0 Å². The Morgan fingerprint density at radius 2 is 2.22 bits per heavy atom. The Morgan fingerprint density at radius 3 is 2.67 bits per heavy atom. The molecule has 0 aromatic rings. The average molecular weight is 150 g/mol. The summed E-state index contributed by atoms with van der Waals surface area (Å²) in [6.07, 6.45) is 3.20. The summed E-state index contributed by atoms with van der Waals surface area (Å²) in [7, 11) is 0. The van der Waals surface area contributed by atoms with Gasteiger partial charge in [0.05, 0.1) is 0 Å². The van der Waals surface area contributed by atoms with Crippen LogP contribution in [0, 0.1) is 5.92 Å². The fraction of sp³-hybridized carbons (Fsp3) is 1.00. The lowest BCUT2D eigenvalue weighted by Gasteiger charge is -2.33. The summed E-state index contributed by atoms with van der Waals surface area (Å²) >= 11 is 5.36. The summed E-state index contributed by atoms with van der Waals surface area (Å²) in [6, 6.07) is 0.503. The summed E-state index contributed by atoms with van der Waals surface area (Å²) in [5.74, 6) is 0.714. The molecule has 0 aliphatic heterocycles. The Kier molecular flexibility index (Phi) is 2.76. The van der Waals surface area contributed by atoms with E-state index in [0.717, 1.165) is 19.3 Å². The second kappa shape index (κ2) is 3.40. The molecule has 2 N–H and O–H groups in total. The summed E-state index contributed by atoms with van der Waals surface area (Å²) in [5.41, 5.74) is 0.